The van der Waals surface area contributed by atoms with Crippen LogP contribution in [0.2, 0.25) is 0 Å². The van der Waals surface area contributed by atoms with Crippen molar-refractivity contribution in [2.45, 2.75) is 44.6 Å². The third-order valence-electron chi connectivity index (χ3n) is 3.31. The van der Waals surface area contributed by atoms with Crippen molar-refractivity contribution in [2.24, 2.45) is 0 Å². The molecule has 1 fully saturated rings. The summed E-state index contributed by atoms with van der Waals surface area (Å²) in [6.07, 6.45) is 4.26. The summed E-state index contributed by atoms with van der Waals surface area (Å²) in [5, 5.41) is 9.86. The van der Waals surface area contributed by atoms with E-state index in [1.807, 2.05) is 0 Å². The molecule has 1 aromatic rings. The largest absolute Gasteiger partial charge is 0.392 e. The number of aliphatic hydroxyl groups excluding tert-OH is 1. The number of hydrogen-bond donors (Lipinski definition) is 1. The van der Waals surface area contributed by atoms with E-state index in [4.69, 9.17) is 0 Å². The average Bonchev–Trinajstić information content (AvgIpc) is 2.64. The van der Waals surface area contributed by atoms with Crippen molar-refractivity contribution in [1.82, 2.24) is 0 Å². The number of aliphatic hydroxyl groups is 1. The van der Waals surface area contributed by atoms with Crippen molar-refractivity contribution in [2.75, 3.05) is 0 Å². The topological polar surface area (TPSA) is 20.2 Å². The van der Waals surface area contributed by atoms with Crippen molar-refractivity contribution < 1.29 is 5.11 Å². The molecule has 0 amide bonds. The fourth-order valence-electron chi connectivity index (χ4n) is 2.52. The summed E-state index contributed by atoms with van der Waals surface area (Å²) in [7, 11) is 0. The van der Waals surface area contributed by atoms with Crippen LogP contribution in [0.4, 0.5) is 0 Å². The molecule has 14 heavy (non-hydrogen) atoms. The zero-order valence-corrected chi connectivity index (χ0v) is 8.74. The van der Waals surface area contributed by atoms with Crippen LogP contribution in [0.15, 0.2) is 24.3 Å². The molecule has 1 aromatic carbocycles. The highest BCUT2D eigenvalue weighted by Gasteiger charge is 2.27. The van der Waals surface area contributed by atoms with Gasteiger partial charge >= 0.3 is 0 Å². The second kappa shape index (κ2) is 4.14. The van der Waals surface area contributed by atoms with Crippen molar-refractivity contribution in [1.29, 1.82) is 0 Å². The summed E-state index contributed by atoms with van der Waals surface area (Å²) in [5.41, 5.74) is 2.78. The Morgan fingerprint density at radius 3 is 2.71 bits per heavy atom. The lowest BCUT2D eigenvalue weighted by atomic mass is 9.90. The maximum Gasteiger partial charge on any atom is 0.0608 e. The number of benzene rings is 1. The Bertz CT molecular complexity index is 306. The van der Waals surface area contributed by atoms with Crippen LogP contribution in [0, 0.1) is 0 Å². The fraction of sp³-hybridized carbons (Fsp3) is 0.538. The summed E-state index contributed by atoms with van der Waals surface area (Å²) < 4.78 is 0. The number of rotatable bonds is 2. The molecule has 0 radical (unpaired) electrons. The second-order valence-electron chi connectivity index (χ2n) is 4.16. The Kier molecular flexibility index (Phi) is 2.87. The van der Waals surface area contributed by atoms with Crippen molar-refractivity contribution >= 4 is 0 Å². The van der Waals surface area contributed by atoms with E-state index in [0.29, 0.717) is 5.92 Å². The van der Waals surface area contributed by atoms with Crippen LogP contribution in [-0.4, -0.2) is 11.2 Å². The lowest BCUT2D eigenvalue weighted by molar-refractivity contribution is 0.163. The fourth-order valence-corrected chi connectivity index (χ4v) is 2.52. The van der Waals surface area contributed by atoms with Gasteiger partial charge in [-0.3, -0.25) is 0 Å². The molecule has 1 nitrogen and oxygen atoms in total. The molecule has 1 saturated carbocycles. The van der Waals surface area contributed by atoms with Gasteiger partial charge in [0.05, 0.1) is 6.10 Å². The molecule has 1 aliphatic rings. The zero-order valence-electron chi connectivity index (χ0n) is 8.74. The second-order valence-corrected chi connectivity index (χ2v) is 4.16. The number of hydrogen-bond acceptors (Lipinski definition) is 1. The van der Waals surface area contributed by atoms with Gasteiger partial charge in [0.1, 0.15) is 0 Å². The zero-order chi connectivity index (χ0) is 9.97. The lowest BCUT2D eigenvalue weighted by Crippen LogP contribution is -2.12. The molecule has 2 atom stereocenters. The standard InChI is InChI=1S/C13H18O/c1-2-10-6-3-4-7-11(10)12-8-5-9-13(12)14/h3-4,6-7,12-14H,2,5,8-9H2,1H3/t12-,13+/m1/s1. The Morgan fingerprint density at radius 1 is 1.29 bits per heavy atom. The Hall–Kier alpha value is -0.820. The first-order valence-corrected chi connectivity index (χ1v) is 5.58. The quantitative estimate of drug-likeness (QED) is 0.760. The van der Waals surface area contributed by atoms with Gasteiger partial charge in [0, 0.05) is 5.92 Å². The molecule has 1 N–H and O–H groups in total. The van der Waals surface area contributed by atoms with E-state index >= 15 is 0 Å². The number of aryl methyl sites for hydroxylation is 1. The van der Waals surface area contributed by atoms with Crippen molar-refractivity contribution in [3.05, 3.63) is 35.4 Å². The smallest absolute Gasteiger partial charge is 0.0608 e. The molecule has 0 saturated heterocycles. The molecule has 0 aliphatic heterocycles. The molecule has 0 unspecified atom stereocenters. The van der Waals surface area contributed by atoms with Crippen LogP contribution in [0.5, 0.6) is 0 Å². The first-order chi connectivity index (χ1) is 6.83. The first kappa shape index (κ1) is 9.72. The van der Waals surface area contributed by atoms with Crippen molar-refractivity contribution in [3.8, 4) is 0 Å². The summed E-state index contributed by atoms with van der Waals surface area (Å²) in [4.78, 5) is 0. The molecule has 0 spiro atoms. The summed E-state index contributed by atoms with van der Waals surface area (Å²) in [5.74, 6) is 0.395. The van der Waals surface area contributed by atoms with Gasteiger partial charge < -0.3 is 5.11 Å². The van der Waals surface area contributed by atoms with Gasteiger partial charge in [0.25, 0.3) is 0 Å². The highest BCUT2D eigenvalue weighted by atomic mass is 16.3. The predicted molar refractivity (Wildman–Crippen MR) is 58.4 cm³/mol. The minimum atomic E-state index is -0.109. The van der Waals surface area contributed by atoms with E-state index in [9.17, 15) is 5.11 Å². The minimum Gasteiger partial charge on any atom is -0.392 e. The Labute approximate surface area is 85.8 Å². The third-order valence-corrected chi connectivity index (χ3v) is 3.31. The molecule has 1 heteroatoms. The summed E-state index contributed by atoms with van der Waals surface area (Å²) >= 11 is 0. The van der Waals surface area contributed by atoms with Gasteiger partial charge in [-0.05, 0) is 30.4 Å². The van der Waals surface area contributed by atoms with E-state index in [1.165, 1.54) is 17.5 Å². The van der Waals surface area contributed by atoms with Crippen LogP contribution in [-0.2, 0) is 6.42 Å². The van der Waals surface area contributed by atoms with Crippen LogP contribution < -0.4 is 0 Å². The maximum absolute atomic E-state index is 9.86. The van der Waals surface area contributed by atoms with E-state index in [0.717, 1.165) is 19.3 Å². The van der Waals surface area contributed by atoms with E-state index in [2.05, 4.69) is 31.2 Å². The summed E-state index contributed by atoms with van der Waals surface area (Å²) in [6.45, 7) is 2.18. The van der Waals surface area contributed by atoms with Crippen LogP contribution in [0.25, 0.3) is 0 Å². The minimum absolute atomic E-state index is 0.109. The molecule has 0 aromatic heterocycles. The molecular formula is C13H18O. The molecule has 1 aliphatic carbocycles. The van der Waals surface area contributed by atoms with Gasteiger partial charge in [-0.2, -0.15) is 0 Å². The average molecular weight is 190 g/mol. The molecule has 76 valence electrons. The molecule has 2 rings (SSSR count). The van der Waals surface area contributed by atoms with E-state index < -0.39 is 0 Å². The highest BCUT2D eigenvalue weighted by Crippen LogP contribution is 2.36. The molecule has 0 heterocycles. The molecular weight excluding hydrogens is 172 g/mol. The monoisotopic (exact) mass is 190 g/mol. The van der Waals surface area contributed by atoms with Gasteiger partial charge in [0.15, 0.2) is 0 Å². The Morgan fingerprint density at radius 2 is 2.07 bits per heavy atom. The van der Waals surface area contributed by atoms with Gasteiger partial charge in [-0.15, -0.1) is 0 Å². The highest BCUT2D eigenvalue weighted by molar-refractivity contribution is 5.31. The molecule has 0 bridgehead atoms. The van der Waals surface area contributed by atoms with E-state index in [-0.39, 0.29) is 6.10 Å². The Balaban J connectivity index is 2.30. The summed E-state index contributed by atoms with van der Waals surface area (Å²) in [6, 6.07) is 8.53. The SMILES string of the molecule is CCc1ccccc1[C@H]1CCC[C@@H]1O. The van der Waals surface area contributed by atoms with Gasteiger partial charge in [-0.25, -0.2) is 0 Å². The van der Waals surface area contributed by atoms with E-state index in [1.54, 1.807) is 0 Å². The lowest BCUT2D eigenvalue weighted by Gasteiger charge is -2.18. The van der Waals surface area contributed by atoms with Gasteiger partial charge in [-0.1, -0.05) is 37.6 Å². The van der Waals surface area contributed by atoms with Crippen molar-refractivity contribution in [3.63, 3.8) is 0 Å². The first-order valence-electron chi connectivity index (χ1n) is 5.58. The normalized spacial score (nSPS) is 26.7. The third kappa shape index (κ3) is 1.69. The van der Waals surface area contributed by atoms with Gasteiger partial charge in [0.2, 0.25) is 0 Å². The maximum atomic E-state index is 9.86. The van der Waals surface area contributed by atoms with Crippen LogP contribution >= 0.6 is 0 Å². The predicted octanol–water partition coefficient (Wildman–Crippen LogP) is 2.88. The van der Waals surface area contributed by atoms with Crippen LogP contribution in [0.3, 0.4) is 0 Å². The van der Waals surface area contributed by atoms with Crippen LogP contribution in [0.1, 0.15) is 43.2 Å².